The fraction of sp³-hybridized carbons (Fsp3) is 0.222. The Balaban J connectivity index is 2.18. The van der Waals surface area contributed by atoms with Gasteiger partial charge in [-0.2, -0.15) is 0 Å². The van der Waals surface area contributed by atoms with E-state index >= 15 is 0 Å². The molecule has 2 rings (SSSR count). The predicted octanol–water partition coefficient (Wildman–Crippen LogP) is 3.55. The minimum Gasteiger partial charge on any atom is -0.495 e. The Morgan fingerprint density at radius 2 is 1.44 bits per heavy atom. The first-order valence-corrected chi connectivity index (χ1v) is 7.84. The molecule has 25 heavy (non-hydrogen) atoms. The highest BCUT2D eigenvalue weighted by Gasteiger charge is 2.18. The summed E-state index contributed by atoms with van der Waals surface area (Å²) in [7, 11) is 2.94. The van der Waals surface area contributed by atoms with Crippen LogP contribution in [-0.4, -0.2) is 26.0 Å². The van der Waals surface area contributed by atoms with E-state index in [2.05, 4.69) is 10.6 Å². The topological polar surface area (TPSA) is 76.7 Å². The molecule has 0 heterocycles. The van der Waals surface area contributed by atoms with Crippen molar-refractivity contribution >= 4 is 34.8 Å². The number of halogens is 1. The van der Waals surface area contributed by atoms with Gasteiger partial charge in [-0.3, -0.25) is 9.59 Å². The molecule has 0 bridgehead atoms. The molecule has 0 aromatic heterocycles. The van der Waals surface area contributed by atoms with Crippen molar-refractivity contribution in [2.45, 2.75) is 13.8 Å². The van der Waals surface area contributed by atoms with Crippen LogP contribution in [0.5, 0.6) is 11.5 Å². The minimum atomic E-state index is -0.830. The summed E-state index contributed by atoms with van der Waals surface area (Å²) >= 11 is 6.03. The molecular formula is C18H19ClN2O4. The molecule has 7 heteroatoms. The molecule has 0 aliphatic heterocycles. The monoisotopic (exact) mass is 362 g/mol. The van der Waals surface area contributed by atoms with Crippen molar-refractivity contribution in [2.24, 2.45) is 0 Å². The van der Waals surface area contributed by atoms with Crippen LogP contribution in [0.1, 0.15) is 11.1 Å². The molecule has 132 valence electrons. The van der Waals surface area contributed by atoms with Gasteiger partial charge < -0.3 is 20.1 Å². The number of hydrogen-bond acceptors (Lipinski definition) is 4. The lowest BCUT2D eigenvalue weighted by Gasteiger charge is -2.13. The van der Waals surface area contributed by atoms with E-state index in [0.29, 0.717) is 27.9 Å². The Morgan fingerprint density at radius 3 is 2.00 bits per heavy atom. The number of ether oxygens (including phenoxy) is 2. The second-order valence-electron chi connectivity index (χ2n) is 5.41. The second-order valence-corrected chi connectivity index (χ2v) is 5.82. The zero-order valence-corrected chi connectivity index (χ0v) is 15.2. The van der Waals surface area contributed by atoms with Crippen LogP contribution >= 0.6 is 11.6 Å². The Kier molecular flexibility index (Phi) is 5.88. The molecule has 0 spiro atoms. The number of aryl methyl sites for hydroxylation is 2. The van der Waals surface area contributed by atoms with Gasteiger partial charge in [0.25, 0.3) is 0 Å². The van der Waals surface area contributed by atoms with Crippen LogP contribution in [0.25, 0.3) is 0 Å². The SMILES string of the molecule is COc1ccc(C)cc1NC(=O)C(=O)Nc1cc(C)c(Cl)cc1OC. The molecular weight excluding hydrogens is 344 g/mol. The molecule has 0 atom stereocenters. The molecule has 0 saturated carbocycles. The van der Waals surface area contributed by atoms with Crippen molar-refractivity contribution in [3.63, 3.8) is 0 Å². The molecule has 2 amide bonds. The van der Waals surface area contributed by atoms with Gasteiger partial charge in [0.1, 0.15) is 11.5 Å². The van der Waals surface area contributed by atoms with Gasteiger partial charge in [-0.15, -0.1) is 0 Å². The first-order chi connectivity index (χ1) is 11.8. The third-order valence-electron chi connectivity index (χ3n) is 3.54. The number of methoxy groups -OCH3 is 2. The van der Waals surface area contributed by atoms with Crippen LogP contribution in [-0.2, 0) is 9.59 Å². The normalized spacial score (nSPS) is 10.1. The van der Waals surface area contributed by atoms with Crippen LogP contribution in [0.15, 0.2) is 30.3 Å². The van der Waals surface area contributed by atoms with Crippen molar-refractivity contribution in [3.8, 4) is 11.5 Å². The summed E-state index contributed by atoms with van der Waals surface area (Å²) in [5.41, 5.74) is 2.45. The standard InChI is InChI=1S/C18H19ClN2O4/c1-10-5-6-15(24-3)13(7-10)20-17(22)18(23)21-14-8-11(2)12(19)9-16(14)25-4/h5-9H,1-4H3,(H,20,22)(H,21,23). The molecule has 0 fully saturated rings. The molecule has 0 unspecified atom stereocenters. The Bertz CT molecular complexity index is 821. The number of benzene rings is 2. The average molecular weight is 363 g/mol. The number of rotatable bonds is 4. The summed E-state index contributed by atoms with van der Waals surface area (Å²) in [6.45, 7) is 3.66. The van der Waals surface area contributed by atoms with Crippen LogP contribution in [0.3, 0.4) is 0 Å². The lowest BCUT2D eigenvalue weighted by molar-refractivity contribution is -0.133. The van der Waals surface area contributed by atoms with Crippen LogP contribution < -0.4 is 20.1 Å². The van der Waals surface area contributed by atoms with Crippen LogP contribution in [0.2, 0.25) is 5.02 Å². The Hall–Kier alpha value is -2.73. The molecule has 2 N–H and O–H groups in total. The van der Waals surface area contributed by atoms with Crippen molar-refractivity contribution in [1.82, 2.24) is 0 Å². The first kappa shape index (κ1) is 18.6. The maximum Gasteiger partial charge on any atom is 0.314 e. The zero-order valence-electron chi connectivity index (χ0n) is 14.4. The first-order valence-electron chi connectivity index (χ1n) is 7.46. The zero-order chi connectivity index (χ0) is 18.6. The van der Waals surface area contributed by atoms with Crippen molar-refractivity contribution in [2.75, 3.05) is 24.9 Å². The summed E-state index contributed by atoms with van der Waals surface area (Å²) < 4.78 is 10.4. The van der Waals surface area contributed by atoms with E-state index < -0.39 is 11.8 Å². The molecule has 2 aromatic rings. The van der Waals surface area contributed by atoms with Crippen molar-refractivity contribution in [3.05, 3.63) is 46.5 Å². The van der Waals surface area contributed by atoms with Gasteiger partial charge in [-0.25, -0.2) is 0 Å². The van der Waals surface area contributed by atoms with E-state index in [-0.39, 0.29) is 0 Å². The number of carbonyl (C=O) groups is 2. The highest BCUT2D eigenvalue weighted by Crippen LogP contribution is 2.31. The summed E-state index contributed by atoms with van der Waals surface area (Å²) in [6, 6.07) is 8.50. The summed E-state index contributed by atoms with van der Waals surface area (Å²) in [6.07, 6.45) is 0. The number of amides is 2. The second kappa shape index (κ2) is 7.90. The lowest BCUT2D eigenvalue weighted by Crippen LogP contribution is -2.29. The maximum absolute atomic E-state index is 12.2. The van der Waals surface area contributed by atoms with Crippen LogP contribution in [0.4, 0.5) is 11.4 Å². The van der Waals surface area contributed by atoms with Gasteiger partial charge in [-0.1, -0.05) is 17.7 Å². The fourth-order valence-electron chi connectivity index (χ4n) is 2.21. The average Bonchev–Trinajstić information content (AvgIpc) is 2.58. The molecule has 6 nitrogen and oxygen atoms in total. The molecule has 0 radical (unpaired) electrons. The third kappa shape index (κ3) is 4.42. The molecule has 0 aliphatic rings. The van der Waals surface area contributed by atoms with Crippen LogP contribution in [0, 0.1) is 13.8 Å². The molecule has 0 saturated heterocycles. The Morgan fingerprint density at radius 1 is 0.880 bits per heavy atom. The lowest BCUT2D eigenvalue weighted by atomic mass is 10.2. The van der Waals surface area contributed by atoms with Gasteiger partial charge in [0, 0.05) is 11.1 Å². The number of nitrogens with one attached hydrogen (secondary N) is 2. The van der Waals surface area contributed by atoms with Gasteiger partial charge >= 0.3 is 11.8 Å². The maximum atomic E-state index is 12.2. The van der Waals surface area contributed by atoms with Gasteiger partial charge in [0.2, 0.25) is 0 Å². The summed E-state index contributed by atoms with van der Waals surface area (Å²) in [5.74, 6) is -0.821. The highest BCUT2D eigenvalue weighted by atomic mass is 35.5. The smallest absolute Gasteiger partial charge is 0.314 e. The quantitative estimate of drug-likeness (QED) is 0.815. The fourth-order valence-corrected chi connectivity index (χ4v) is 2.36. The summed E-state index contributed by atoms with van der Waals surface area (Å²) in [5, 5.41) is 5.57. The number of anilines is 2. The van der Waals surface area contributed by atoms with E-state index in [1.807, 2.05) is 13.0 Å². The van der Waals surface area contributed by atoms with Gasteiger partial charge in [-0.05, 0) is 43.2 Å². The van der Waals surface area contributed by atoms with E-state index in [1.165, 1.54) is 14.2 Å². The van der Waals surface area contributed by atoms with Gasteiger partial charge in [0.15, 0.2) is 0 Å². The number of hydrogen-bond donors (Lipinski definition) is 2. The van der Waals surface area contributed by atoms with Crippen molar-refractivity contribution in [1.29, 1.82) is 0 Å². The highest BCUT2D eigenvalue weighted by molar-refractivity contribution is 6.44. The van der Waals surface area contributed by atoms with E-state index in [1.54, 1.807) is 31.2 Å². The van der Waals surface area contributed by atoms with Crippen molar-refractivity contribution < 1.29 is 19.1 Å². The summed E-state index contributed by atoms with van der Waals surface area (Å²) in [4.78, 5) is 24.4. The number of carbonyl (C=O) groups excluding carboxylic acids is 2. The minimum absolute atomic E-state index is 0.362. The Labute approximate surface area is 151 Å². The van der Waals surface area contributed by atoms with E-state index in [4.69, 9.17) is 21.1 Å². The predicted molar refractivity (Wildman–Crippen MR) is 97.7 cm³/mol. The molecule has 0 aliphatic carbocycles. The van der Waals surface area contributed by atoms with Gasteiger partial charge in [0.05, 0.1) is 25.6 Å². The third-order valence-corrected chi connectivity index (χ3v) is 3.95. The largest absolute Gasteiger partial charge is 0.495 e. The van der Waals surface area contributed by atoms with E-state index in [9.17, 15) is 9.59 Å². The van der Waals surface area contributed by atoms with E-state index in [0.717, 1.165) is 11.1 Å². The molecule has 2 aromatic carbocycles.